The van der Waals surface area contributed by atoms with Gasteiger partial charge in [-0.05, 0) is 32.3 Å². The van der Waals surface area contributed by atoms with Crippen molar-refractivity contribution in [1.29, 1.82) is 0 Å². The molecule has 0 bridgehead atoms. The molecule has 120 valence electrons. The Morgan fingerprint density at radius 1 is 1.05 bits per heavy atom. The number of aliphatic imine (C=N–C) groups is 1. The minimum atomic E-state index is 0. The first-order valence-corrected chi connectivity index (χ1v) is 7.50. The molecule has 0 fully saturated rings. The number of hydrogen-bond donors (Lipinski definition) is 2. The van der Waals surface area contributed by atoms with Crippen LogP contribution in [0.4, 0.5) is 0 Å². The third-order valence-electron chi connectivity index (χ3n) is 2.78. The van der Waals surface area contributed by atoms with Crippen LogP contribution in [0.25, 0.3) is 0 Å². The second-order valence-corrected chi connectivity index (χ2v) is 4.49. The lowest BCUT2D eigenvalue weighted by Gasteiger charge is -2.09. The monoisotopic (exact) mass is 405 g/mol. The molecule has 2 N–H and O–H groups in total. The molecule has 4 nitrogen and oxygen atoms in total. The zero-order valence-corrected chi connectivity index (χ0v) is 15.4. The summed E-state index contributed by atoms with van der Waals surface area (Å²) in [6, 6.07) is 10.4. The largest absolute Gasteiger partial charge is 0.381 e. The molecule has 0 radical (unpaired) electrons. The summed E-state index contributed by atoms with van der Waals surface area (Å²) in [4.78, 5) is 4.47. The first-order chi connectivity index (χ1) is 9.86. The molecule has 0 heterocycles. The van der Waals surface area contributed by atoms with Gasteiger partial charge in [-0.3, -0.25) is 4.99 Å². The lowest BCUT2D eigenvalue weighted by molar-refractivity contribution is 0.136. The molecule has 5 heteroatoms. The summed E-state index contributed by atoms with van der Waals surface area (Å²) >= 11 is 0. The van der Waals surface area contributed by atoms with Crippen molar-refractivity contribution >= 4 is 29.9 Å². The maximum atomic E-state index is 5.63. The van der Waals surface area contributed by atoms with E-state index in [0.717, 1.165) is 51.6 Å². The number of halogens is 1. The summed E-state index contributed by atoms with van der Waals surface area (Å²) in [7, 11) is 0. The van der Waals surface area contributed by atoms with Crippen molar-refractivity contribution in [3.05, 3.63) is 35.9 Å². The lowest BCUT2D eigenvalue weighted by atomic mass is 10.2. The van der Waals surface area contributed by atoms with Crippen LogP contribution in [0.2, 0.25) is 0 Å². The van der Waals surface area contributed by atoms with Crippen molar-refractivity contribution in [2.75, 3.05) is 32.8 Å². The molecule has 0 aliphatic heterocycles. The topological polar surface area (TPSA) is 45.7 Å². The molecule has 0 aliphatic carbocycles. The van der Waals surface area contributed by atoms with Crippen LogP contribution in [-0.2, 0) is 11.2 Å². The van der Waals surface area contributed by atoms with Crippen LogP contribution in [0.5, 0.6) is 0 Å². The van der Waals surface area contributed by atoms with Crippen LogP contribution < -0.4 is 10.6 Å². The first kappa shape index (κ1) is 20.2. The van der Waals surface area contributed by atoms with Gasteiger partial charge in [0.2, 0.25) is 0 Å². The maximum absolute atomic E-state index is 5.63. The highest BCUT2D eigenvalue weighted by atomic mass is 127. The molecule has 21 heavy (non-hydrogen) atoms. The zero-order chi connectivity index (χ0) is 14.5. The van der Waals surface area contributed by atoms with Gasteiger partial charge in [0.25, 0.3) is 0 Å². The Morgan fingerprint density at radius 3 is 2.33 bits per heavy atom. The van der Waals surface area contributed by atoms with E-state index < -0.39 is 0 Å². The van der Waals surface area contributed by atoms with Crippen LogP contribution in [0.15, 0.2) is 35.3 Å². The van der Waals surface area contributed by atoms with E-state index in [9.17, 15) is 0 Å². The lowest BCUT2D eigenvalue weighted by Crippen LogP contribution is -2.37. The van der Waals surface area contributed by atoms with Crippen molar-refractivity contribution in [1.82, 2.24) is 10.6 Å². The molecule has 1 aromatic rings. The summed E-state index contributed by atoms with van der Waals surface area (Å²) in [6.45, 7) is 8.25. The number of hydrogen-bond acceptors (Lipinski definition) is 2. The van der Waals surface area contributed by atoms with Gasteiger partial charge in [-0.15, -0.1) is 24.0 Å². The van der Waals surface area contributed by atoms with E-state index in [1.807, 2.05) is 6.07 Å². The van der Waals surface area contributed by atoms with E-state index in [-0.39, 0.29) is 24.0 Å². The Labute approximate surface area is 145 Å². The second kappa shape index (κ2) is 14.1. The fourth-order valence-electron chi connectivity index (χ4n) is 1.80. The maximum Gasteiger partial charge on any atom is 0.191 e. The van der Waals surface area contributed by atoms with E-state index >= 15 is 0 Å². The standard InChI is InChI=1S/C16H27N3O.HI/c1-3-17-16(18-4-2)19-12-8-13-20-14-11-15-9-6-5-7-10-15;/h5-7,9-10H,3-4,8,11-14H2,1-2H3,(H2,17,18,19);1H. The Kier molecular flexibility index (Phi) is 13.6. The van der Waals surface area contributed by atoms with Gasteiger partial charge in [-0.25, -0.2) is 0 Å². The van der Waals surface area contributed by atoms with Crippen LogP contribution in [0.3, 0.4) is 0 Å². The predicted molar refractivity (Wildman–Crippen MR) is 101 cm³/mol. The zero-order valence-electron chi connectivity index (χ0n) is 13.1. The minimum Gasteiger partial charge on any atom is -0.381 e. The molecule has 0 aliphatic rings. The quantitative estimate of drug-likeness (QED) is 0.288. The second-order valence-electron chi connectivity index (χ2n) is 4.49. The van der Waals surface area contributed by atoms with Crippen LogP contribution in [0, 0.1) is 0 Å². The van der Waals surface area contributed by atoms with Crippen LogP contribution in [0.1, 0.15) is 25.8 Å². The van der Waals surface area contributed by atoms with Gasteiger partial charge in [0, 0.05) is 26.2 Å². The average Bonchev–Trinajstić information content (AvgIpc) is 2.47. The molecule has 0 amide bonds. The Balaban J connectivity index is 0.00000400. The smallest absolute Gasteiger partial charge is 0.191 e. The average molecular weight is 405 g/mol. The number of nitrogens with zero attached hydrogens (tertiary/aromatic N) is 1. The molecule has 1 aromatic carbocycles. The first-order valence-electron chi connectivity index (χ1n) is 7.50. The van der Waals surface area contributed by atoms with E-state index in [0.29, 0.717) is 0 Å². The Hall–Kier alpha value is -0.820. The van der Waals surface area contributed by atoms with Crippen molar-refractivity contribution in [2.45, 2.75) is 26.7 Å². The van der Waals surface area contributed by atoms with Crippen LogP contribution in [-0.4, -0.2) is 38.8 Å². The molecule has 0 saturated carbocycles. The van der Waals surface area contributed by atoms with Gasteiger partial charge in [0.1, 0.15) is 0 Å². The van der Waals surface area contributed by atoms with E-state index in [1.165, 1.54) is 5.56 Å². The molecule has 1 rings (SSSR count). The van der Waals surface area contributed by atoms with E-state index in [2.05, 4.69) is 53.7 Å². The minimum absolute atomic E-state index is 0. The Morgan fingerprint density at radius 2 is 1.71 bits per heavy atom. The molecular formula is C16H28IN3O. The molecule has 0 unspecified atom stereocenters. The van der Waals surface area contributed by atoms with Crippen molar-refractivity contribution in [2.24, 2.45) is 4.99 Å². The van der Waals surface area contributed by atoms with Crippen molar-refractivity contribution < 1.29 is 4.74 Å². The van der Waals surface area contributed by atoms with Gasteiger partial charge in [0.15, 0.2) is 5.96 Å². The highest BCUT2D eigenvalue weighted by Gasteiger charge is 1.95. The molecule has 0 atom stereocenters. The highest BCUT2D eigenvalue weighted by Crippen LogP contribution is 1.99. The third-order valence-corrected chi connectivity index (χ3v) is 2.78. The number of guanidine groups is 1. The van der Waals surface area contributed by atoms with Crippen molar-refractivity contribution in [3.8, 4) is 0 Å². The van der Waals surface area contributed by atoms with Gasteiger partial charge in [0.05, 0.1) is 6.61 Å². The molecular weight excluding hydrogens is 377 g/mol. The van der Waals surface area contributed by atoms with Gasteiger partial charge in [-0.2, -0.15) is 0 Å². The fourth-order valence-corrected chi connectivity index (χ4v) is 1.80. The summed E-state index contributed by atoms with van der Waals surface area (Å²) in [5.41, 5.74) is 1.33. The number of rotatable bonds is 9. The molecule has 0 spiro atoms. The summed E-state index contributed by atoms with van der Waals surface area (Å²) in [5.74, 6) is 0.888. The Bertz CT molecular complexity index is 363. The number of nitrogens with one attached hydrogen (secondary N) is 2. The molecule has 0 aromatic heterocycles. The van der Waals surface area contributed by atoms with Gasteiger partial charge >= 0.3 is 0 Å². The normalized spacial score (nSPS) is 9.62. The fraction of sp³-hybridized carbons (Fsp3) is 0.562. The SMILES string of the molecule is CCNC(=NCCCOCCc1ccccc1)NCC.I. The predicted octanol–water partition coefficient (Wildman–Crippen LogP) is 2.83. The van der Waals surface area contributed by atoms with E-state index in [1.54, 1.807) is 0 Å². The van der Waals surface area contributed by atoms with Crippen molar-refractivity contribution in [3.63, 3.8) is 0 Å². The van der Waals surface area contributed by atoms with Gasteiger partial charge < -0.3 is 15.4 Å². The van der Waals surface area contributed by atoms with E-state index in [4.69, 9.17) is 4.74 Å². The number of benzene rings is 1. The van der Waals surface area contributed by atoms with Gasteiger partial charge in [-0.1, -0.05) is 30.3 Å². The summed E-state index contributed by atoms with van der Waals surface area (Å²) in [5, 5.41) is 6.41. The number of ether oxygens (including phenoxy) is 1. The summed E-state index contributed by atoms with van der Waals surface area (Å²) in [6.07, 6.45) is 1.93. The summed E-state index contributed by atoms with van der Waals surface area (Å²) < 4.78 is 5.63. The highest BCUT2D eigenvalue weighted by molar-refractivity contribution is 14.0. The third kappa shape index (κ3) is 10.5. The van der Waals surface area contributed by atoms with Crippen LogP contribution >= 0.6 is 24.0 Å². The molecule has 0 saturated heterocycles.